The number of alkyl carbamates (subject to hydrolysis) is 1. The quantitative estimate of drug-likeness (QED) is 0.259. The van der Waals surface area contributed by atoms with E-state index in [0.717, 1.165) is 22.8 Å². The summed E-state index contributed by atoms with van der Waals surface area (Å²) < 4.78 is 25.1. The zero-order valence-corrected chi connectivity index (χ0v) is 22.4. The lowest BCUT2D eigenvalue weighted by molar-refractivity contribution is -0.147. The van der Waals surface area contributed by atoms with Crippen LogP contribution in [0.1, 0.15) is 34.0 Å². The molecule has 0 bridgehead atoms. The van der Waals surface area contributed by atoms with Crippen molar-refractivity contribution in [2.45, 2.75) is 32.6 Å². The lowest BCUT2D eigenvalue weighted by atomic mass is 10.0. The zero-order valence-electron chi connectivity index (χ0n) is 22.4. The predicted molar refractivity (Wildman–Crippen MR) is 149 cm³/mol. The minimum absolute atomic E-state index is 0.0142. The van der Waals surface area contributed by atoms with Gasteiger partial charge in [-0.3, -0.25) is 4.79 Å². The largest absolute Gasteiger partial charge is 0.459 e. The number of hydrogen-bond acceptors (Lipinski definition) is 7. The SMILES string of the molecule is CCc1cncnc1-c1cc(F)cc(C(=O)NC[C@@H](NC(=O)OCc2ccccc2)C(=O)OCc2ccccc2)c1. The first-order valence-corrected chi connectivity index (χ1v) is 13.0. The number of benzene rings is 3. The van der Waals surface area contributed by atoms with Crippen molar-refractivity contribution in [3.8, 4) is 11.3 Å². The topological polar surface area (TPSA) is 120 Å². The molecule has 0 saturated heterocycles. The Morgan fingerprint density at radius 2 is 1.56 bits per heavy atom. The number of rotatable bonds is 11. The molecule has 1 heterocycles. The highest BCUT2D eigenvalue weighted by Gasteiger charge is 2.25. The van der Waals surface area contributed by atoms with Crippen LogP contribution in [-0.4, -0.2) is 40.5 Å². The van der Waals surface area contributed by atoms with Gasteiger partial charge in [-0.05, 0) is 41.3 Å². The van der Waals surface area contributed by atoms with Crippen LogP contribution < -0.4 is 10.6 Å². The summed E-state index contributed by atoms with van der Waals surface area (Å²) in [7, 11) is 0. The van der Waals surface area contributed by atoms with E-state index in [-0.39, 0.29) is 25.3 Å². The van der Waals surface area contributed by atoms with Crippen LogP contribution >= 0.6 is 0 Å². The summed E-state index contributed by atoms with van der Waals surface area (Å²) in [4.78, 5) is 46.7. The number of halogens is 1. The average molecular weight is 557 g/mol. The molecule has 4 aromatic rings. The minimum atomic E-state index is -1.27. The Morgan fingerprint density at radius 3 is 2.22 bits per heavy atom. The predicted octanol–water partition coefficient (Wildman–Crippen LogP) is 4.61. The van der Waals surface area contributed by atoms with Crippen LogP contribution in [0.4, 0.5) is 9.18 Å². The molecule has 1 atom stereocenters. The van der Waals surface area contributed by atoms with E-state index >= 15 is 0 Å². The number of carbonyl (C=O) groups excluding carboxylic acids is 3. The van der Waals surface area contributed by atoms with Gasteiger partial charge in [-0.15, -0.1) is 0 Å². The molecule has 210 valence electrons. The second-order valence-corrected chi connectivity index (χ2v) is 9.04. The van der Waals surface area contributed by atoms with Gasteiger partial charge in [0.1, 0.15) is 31.4 Å². The van der Waals surface area contributed by atoms with Gasteiger partial charge in [0.15, 0.2) is 0 Å². The molecule has 0 saturated carbocycles. The number of esters is 1. The molecule has 2 N–H and O–H groups in total. The molecule has 10 heteroatoms. The molecule has 41 heavy (non-hydrogen) atoms. The first-order chi connectivity index (χ1) is 19.9. The van der Waals surface area contributed by atoms with Crippen molar-refractivity contribution in [2.75, 3.05) is 6.54 Å². The molecule has 0 aliphatic rings. The number of carbonyl (C=O) groups is 3. The monoisotopic (exact) mass is 556 g/mol. The normalized spacial score (nSPS) is 11.3. The lowest BCUT2D eigenvalue weighted by Gasteiger charge is -2.18. The van der Waals surface area contributed by atoms with Gasteiger partial charge < -0.3 is 20.1 Å². The van der Waals surface area contributed by atoms with Crippen LogP contribution in [0.25, 0.3) is 11.3 Å². The van der Waals surface area contributed by atoms with Crippen molar-refractivity contribution in [2.24, 2.45) is 0 Å². The molecular formula is C31H29FN4O5. The number of nitrogens with one attached hydrogen (secondary N) is 2. The third-order valence-electron chi connectivity index (χ3n) is 6.08. The van der Waals surface area contributed by atoms with Crippen LogP contribution in [0.5, 0.6) is 0 Å². The van der Waals surface area contributed by atoms with Gasteiger partial charge in [0.25, 0.3) is 5.91 Å². The lowest BCUT2D eigenvalue weighted by Crippen LogP contribution is -2.49. The fourth-order valence-corrected chi connectivity index (χ4v) is 3.96. The van der Waals surface area contributed by atoms with Gasteiger partial charge in [-0.1, -0.05) is 67.6 Å². The second kappa shape index (κ2) is 14.3. The number of amides is 2. The molecule has 9 nitrogen and oxygen atoms in total. The summed E-state index contributed by atoms with van der Waals surface area (Å²) in [6, 6.07) is 20.6. The Balaban J connectivity index is 1.45. The molecule has 0 radical (unpaired) electrons. The summed E-state index contributed by atoms with van der Waals surface area (Å²) in [6.45, 7) is 1.55. The van der Waals surface area contributed by atoms with Gasteiger partial charge in [-0.2, -0.15) is 0 Å². The molecule has 0 aliphatic carbocycles. The van der Waals surface area contributed by atoms with Crippen molar-refractivity contribution >= 4 is 18.0 Å². The highest BCUT2D eigenvalue weighted by molar-refractivity contribution is 5.96. The number of aryl methyl sites for hydroxylation is 1. The first-order valence-electron chi connectivity index (χ1n) is 13.0. The van der Waals surface area contributed by atoms with Gasteiger partial charge in [0, 0.05) is 23.9 Å². The molecule has 0 aliphatic heterocycles. The molecule has 0 unspecified atom stereocenters. The number of ether oxygens (including phenoxy) is 2. The van der Waals surface area contributed by atoms with E-state index < -0.39 is 29.8 Å². The molecule has 3 aromatic carbocycles. The fourth-order valence-electron chi connectivity index (χ4n) is 3.96. The van der Waals surface area contributed by atoms with Crippen molar-refractivity contribution < 1.29 is 28.2 Å². The van der Waals surface area contributed by atoms with E-state index in [1.807, 2.05) is 31.2 Å². The Bertz CT molecular complexity index is 1480. The van der Waals surface area contributed by atoms with Crippen LogP contribution in [0, 0.1) is 5.82 Å². The molecule has 4 rings (SSSR count). The Labute approximate surface area is 236 Å². The van der Waals surface area contributed by atoms with Crippen molar-refractivity contribution in [1.29, 1.82) is 0 Å². The van der Waals surface area contributed by atoms with Crippen LogP contribution in [0.3, 0.4) is 0 Å². The van der Waals surface area contributed by atoms with Crippen LogP contribution in [-0.2, 0) is 33.9 Å². The minimum Gasteiger partial charge on any atom is -0.459 e. The van der Waals surface area contributed by atoms with Crippen molar-refractivity contribution in [1.82, 2.24) is 20.6 Å². The molecule has 0 fully saturated rings. The number of hydrogen-bond donors (Lipinski definition) is 2. The smallest absolute Gasteiger partial charge is 0.408 e. The Hall–Kier alpha value is -5.12. The highest BCUT2D eigenvalue weighted by atomic mass is 19.1. The summed E-state index contributed by atoms with van der Waals surface area (Å²) in [5, 5.41) is 5.03. The number of aromatic nitrogens is 2. The Kier molecular flexibility index (Phi) is 10.1. The summed E-state index contributed by atoms with van der Waals surface area (Å²) >= 11 is 0. The maximum absolute atomic E-state index is 14.5. The maximum atomic E-state index is 14.5. The van der Waals surface area contributed by atoms with E-state index in [1.165, 1.54) is 18.5 Å². The average Bonchev–Trinajstić information content (AvgIpc) is 3.01. The standard InChI is InChI=1S/C31H29FN4O5/c1-2-23-16-33-20-35-28(23)24-13-25(15-26(32)14-24)29(37)34-17-27(30(38)40-18-21-9-5-3-6-10-21)36-31(39)41-19-22-11-7-4-8-12-22/h3-16,20,27H,2,17-19H2,1H3,(H,34,37)(H,36,39)/t27-/m1/s1. The van der Waals surface area contributed by atoms with Crippen molar-refractivity contribution in [3.05, 3.63) is 119 Å². The fraction of sp³-hybridized carbons (Fsp3) is 0.194. The summed E-state index contributed by atoms with van der Waals surface area (Å²) in [6.07, 6.45) is 2.75. The third-order valence-corrected chi connectivity index (χ3v) is 6.08. The second-order valence-electron chi connectivity index (χ2n) is 9.04. The molecule has 1 aromatic heterocycles. The van der Waals surface area contributed by atoms with Crippen molar-refractivity contribution in [3.63, 3.8) is 0 Å². The van der Waals surface area contributed by atoms with E-state index in [1.54, 1.807) is 42.6 Å². The van der Waals surface area contributed by atoms with Gasteiger partial charge in [0.2, 0.25) is 0 Å². The summed E-state index contributed by atoms with van der Waals surface area (Å²) in [5.41, 5.74) is 3.25. The zero-order chi connectivity index (χ0) is 29.0. The third kappa shape index (κ3) is 8.43. The van der Waals surface area contributed by atoms with Gasteiger partial charge in [-0.25, -0.2) is 23.9 Å². The van der Waals surface area contributed by atoms with Gasteiger partial charge >= 0.3 is 12.1 Å². The van der Waals surface area contributed by atoms with Crippen LogP contribution in [0.2, 0.25) is 0 Å². The summed E-state index contributed by atoms with van der Waals surface area (Å²) in [5.74, 6) is -2.06. The van der Waals surface area contributed by atoms with Crippen LogP contribution in [0.15, 0.2) is 91.4 Å². The van der Waals surface area contributed by atoms with E-state index in [4.69, 9.17) is 9.47 Å². The van der Waals surface area contributed by atoms with E-state index in [9.17, 15) is 18.8 Å². The van der Waals surface area contributed by atoms with E-state index in [2.05, 4.69) is 20.6 Å². The maximum Gasteiger partial charge on any atom is 0.408 e. The first kappa shape index (κ1) is 28.9. The molecular weight excluding hydrogens is 527 g/mol. The Morgan fingerprint density at radius 1 is 0.902 bits per heavy atom. The highest BCUT2D eigenvalue weighted by Crippen LogP contribution is 2.23. The number of nitrogens with zero attached hydrogens (tertiary/aromatic N) is 2. The molecule has 0 spiro atoms. The van der Waals surface area contributed by atoms with Gasteiger partial charge in [0.05, 0.1) is 5.69 Å². The van der Waals surface area contributed by atoms with E-state index in [0.29, 0.717) is 17.7 Å². The molecule has 2 amide bonds.